The molecular formula is C38H43N3O5. The molecule has 3 unspecified atom stereocenters. The van der Waals surface area contributed by atoms with Gasteiger partial charge in [0.05, 0.1) is 18.6 Å². The molecule has 4 rings (SSSR count). The summed E-state index contributed by atoms with van der Waals surface area (Å²) < 4.78 is 5.90. The number of nitrogens with one attached hydrogen (secondary N) is 3. The number of aliphatic hydroxyl groups is 1. The smallest absolute Gasteiger partial charge is 0.243 e. The van der Waals surface area contributed by atoms with Crippen LogP contribution in [0.15, 0.2) is 115 Å². The maximum atomic E-state index is 13.6. The summed E-state index contributed by atoms with van der Waals surface area (Å²) in [7, 11) is 0. The molecule has 46 heavy (non-hydrogen) atoms. The number of benzene rings is 4. The number of hydrogen-bond acceptors (Lipinski definition) is 5. The first-order valence-electron chi connectivity index (χ1n) is 15.7. The Bertz CT molecular complexity index is 1530. The van der Waals surface area contributed by atoms with E-state index in [1.165, 1.54) is 0 Å². The molecule has 0 spiro atoms. The molecule has 3 atom stereocenters. The van der Waals surface area contributed by atoms with E-state index in [1.54, 1.807) is 6.07 Å². The Balaban J connectivity index is 1.36. The zero-order chi connectivity index (χ0) is 32.7. The Hall–Kier alpha value is -4.95. The van der Waals surface area contributed by atoms with Crippen molar-refractivity contribution < 1.29 is 24.2 Å². The van der Waals surface area contributed by atoms with Crippen molar-refractivity contribution in [2.24, 2.45) is 5.92 Å². The number of carbonyl (C=O) groups is 3. The van der Waals surface area contributed by atoms with Crippen molar-refractivity contribution in [3.8, 4) is 11.5 Å². The van der Waals surface area contributed by atoms with Crippen LogP contribution in [0.4, 0.5) is 0 Å². The first kappa shape index (κ1) is 33.9. The lowest BCUT2D eigenvalue weighted by atomic mass is 9.96. The molecule has 0 aromatic heterocycles. The summed E-state index contributed by atoms with van der Waals surface area (Å²) in [5, 5.41) is 19.9. The topological polar surface area (TPSA) is 117 Å². The van der Waals surface area contributed by atoms with Crippen molar-refractivity contribution in [3.05, 3.63) is 132 Å². The van der Waals surface area contributed by atoms with E-state index < -0.39 is 24.1 Å². The van der Waals surface area contributed by atoms with E-state index in [0.29, 0.717) is 24.5 Å². The number of amides is 3. The predicted molar refractivity (Wildman–Crippen MR) is 179 cm³/mol. The summed E-state index contributed by atoms with van der Waals surface area (Å²) in [5.74, 6) is 0.217. The van der Waals surface area contributed by atoms with Gasteiger partial charge in [0.25, 0.3) is 0 Å². The second kappa shape index (κ2) is 17.5. The minimum absolute atomic E-state index is 0.0661. The van der Waals surface area contributed by atoms with Gasteiger partial charge in [-0.15, -0.1) is 0 Å². The summed E-state index contributed by atoms with van der Waals surface area (Å²) in [6.07, 6.45) is -0.281. The third-order valence-electron chi connectivity index (χ3n) is 7.60. The SMILES string of the molecule is CC(C)C(NC(=O)Cc1cccc(Oc2ccccc2)c1)C(=O)NC(Cc1ccccc1)C(O)CCC(=O)NCc1ccccc1. The van der Waals surface area contributed by atoms with E-state index in [9.17, 15) is 19.5 Å². The molecule has 8 nitrogen and oxygen atoms in total. The van der Waals surface area contributed by atoms with E-state index in [0.717, 1.165) is 16.7 Å². The number of hydrogen-bond donors (Lipinski definition) is 4. The minimum atomic E-state index is -0.984. The Morgan fingerprint density at radius 3 is 1.93 bits per heavy atom. The van der Waals surface area contributed by atoms with Crippen molar-refractivity contribution in [1.29, 1.82) is 0 Å². The lowest BCUT2D eigenvalue weighted by Gasteiger charge is -2.28. The van der Waals surface area contributed by atoms with E-state index in [-0.39, 0.29) is 37.0 Å². The molecule has 4 aromatic rings. The van der Waals surface area contributed by atoms with Crippen LogP contribution >= 0.6 is 0 Å². The summed E-state index contributed by atoms with van der Waals surface area (Å²) in [6, 6.07) is 34.3. The van der Waals surface area contributed by atoms with Crippen LogP contribution in [-0.4, -0.2) is 41.0 Å². The molecule has 240 valence electrons. The quantitative estimate of drug-likeness (QED) is 0.135. The summed E-state index contributed by atoms with van der Waals surface area (Å²) in [4.78, 5) is 39.3. The number of rotatable bonds is 16. The van der Waals surface area contributed by atoms with Crippen molar-refractivity contribution >= 4 is 17.7 Å². The fraction of sp³-hybridized carbons (Fsp3) is 0.289. The average Bonchev–Trinajstić information content (AvgIpc) is 3.06. The van der Waals surface area contributed by atoms with Crippen LogP contribution in [0.1, 0.15) is 43.4 Å². The van der Waals surface area contributed by atoms with E-state index in [2.05, 4.69) is 16.0 Å². The average molecular weight is 622 g/mol. The molecule has 0 radical (unpaired) electrons. The van der Waals surface area contributed by atoms with Gasteiger partial charge < -0.3 is 25.8 Å². The van der Waals surface area contributed by atoms with Gasteiger partial charge in [0, 0.05) is 13.0 Å². The minimum Gasteiger partial charge on any atom is -0.457 e. The van der Waals surface area contributed by atoms with Gasteiger partial charge in [0.15, 0.2) is 0 Å². The molecule has 0 saturated heterocycles. The maximum Gasteiger partial charge on any atom is 0.243 e. The molecule has 0 aliphatic carbocycles. The standard InChI is InChI=1S/C38H43N3O5/c1-27(2)37(41-36(44)25-30-17-12-20-32(23-30)46-31-18-10-5-11-19-31)38(45)40-33(24-28-13-6-3-7-14-28)34(42)21-22-35(43)39-26-29-15-8-4-9-16-29/h3-20,23,27,33-34,37,42H,21-22,24-26H2,1-2H3,(H,39,43)(H,40,45)(H,41,44). The first-order valence-corrected chi connectivity index (χ1v) is 15.7. The van der Waals surface area contributed by atoms with Gasteiger partial charge in [0.1, 0.15) is 17.5 Å². The van der Waals surface area contributed by atoms with Crippen LogP contribution in [0.5, 0.6) is 11.5 Å². The zero-order valence-electron chi connectivity index (χ0n) is 26.4. The van der Waals surface area contributed by atoms with Gasteiger partial charge in [-0.05, 0) is 59.7 Å². The Morgan fingerprint density at radius 1 is 0.696 bits per heavy atom. The molecule has 4 aromatic carbocycles. The lowest BCUT2D eigenvalue weighted by molar-refractivity contribution is -0.130. The first-order chi connectivity index (χ1) is 22.3. The molecule has 3 amide bonds. The molecule has 0 fully saturated rings. The monoisotopic (exact) mass is 621 g/mol. The fourth-order valence-corrected chi connectivity index (χ4v) is 5.08. The zero-order valence-corrected chi connectivity index (χ0v) is 26.4. The van der Waals surface area contributed by atoms with Crippen molar-refractivity contribution in [1.82, 2.24) is 16.0 Å². The number of carbonyl (C=O) groups excluding carboxylic acids is 3. The third-order valence-corrected chi connectivity index (χ3v) is 7.60. The number of para-hydroxylation sites is 1. The summed E-state index contributed by atoms with van der Waals surface area (Å²) >= 11 is 0. The molecule has 8 heteroatoms. The van der Waals surface area contributed by atoms with Crippen molar-refractivity contribution in [2.45, 2.75) is 64.3 Å². The second-order valence-corrected chi connectivity index (χ2v) is 11.7. The van der Waals surface area contributed by atoms with Crippen LogP contribution in [0.25, 0.3) is 0 Å². The molecule has 0 aliphatic rings. The fourth-order valence-electron chi connectivity index (χ4n) is 5.08. The highest BCUT2D eigenvalue weighted by atomic mass is 16.5. The summed E-state index contributed by atoms with van der Waals surface area (Å²) in [5.41, 5.74) is 2.67. The normalized spacial score (nSPS) is 12.9. The van der Waals surface area contributed by atoms with Crippen LogP contribution in [0.3, 0.4) is 0 Å². The Morgan fingerprint density at radius 2 is 1.28 bits per heavy atom. The predicted octanol–water partition coefficient (Wildman–Crippen LogP) is 5.35. The van der Waals surface area contributed by atoms with Gasteiger partial charge in [-0.25, -0.2) is 0 Å². The Kier molecular flexibility index (Phi) is 12.9. The van der Waals surface area contributed by atoms with Crippen LogP contribution in [0.2, 0.25) is 0 Å². The van der Waals surface area contributed by atoms with Crippen molar-refractivity contribution in [2.75, 3.05) is 0 Å². The highest BCUT2D eigenvalue weighted by molar-refractivity contribution is 5.88. The molecule has 0 saturated carbocycles. The van der Waals surface area contributed by atoms with Gasteiger partial charge in [-0.3, -0.25) is 14.4 Å². The second-order valence-electron chi connectivity index (χ2n) is 11.7. The van der Waals surface area contributed by atoms with E-state index >= 15 is 0 Å². The number of ether oxygens (including phenoxy) is 1. The highest BCUT2D eigenvalue weighted by Gasteiger charge is 2.29. The summed E-state index contributed by atoms with van der Waals surface area (Å²) in [6.45, 7) is 4.12. The Labute approximate surface area is 271 Å². The lowest BCUT2D eigenvalue weighted by Crippen LogP contribution is -2.55. The molecule has 0 bridgehead atoms. The van der Waals surface area contributed by atoms with E-state index in [1.807, 2.05) is 123 Å². The van der Waals surface area contributed by atoms with Gasteiger partial charge in [-0.1, -0.05) is 105 Å². The van der Waals surface area contributed by atoms with Crippen LogP contribution in [-0.2, 0) is 33.8 Å². The molecule has 4 N–H and O–H groups in total. The largest absolute Gasteiger partial charge is 0.457 e. The van der Waals surface area contributed by atoms with Crippen LogP contribution < -0.4 is 20.7 Å². The highest BCUT2D eigenvalue weighted by Crippen LogP contribution is 2.22. The number of aliphatic hydroxyl groups excluding tert-OH is 1. The molecule has 0 heterocycles. The molecule has 0 aliphatic heterocycles. The third kappa shape index (κ3) is 11.2. The van der Waals surface area contributed by atoms with Gasteiger partial charge >= 0.3 is 0 Å². The van der Waals surface area contributed by atoms with Gasteiger partial charge in [-0.2, -0.15) is 0 Å². The molecular weight excluding hydrogens is 578 g/mol. The van der Waals surface area contributed by atoms with Crippen molar-refractivity contribution in [3.63, 3.8) is 0 Å². The van der Waals surface area contributed by atoms with E-state index in [4.69, 9.17) is 4.74 Å². The van der Waals surface area contributed by atoms with Crippen LogP contribution in [0, 0.1) is 5.92 Å². The maximum absolute atomic E-state index is 13.6. The van der Waals surface area contributed by atoms with Gasteiger partial charge in [0.2, 0.25) is 17.7 Å².